The Labute approximate surface area is 197 Å². The van der Waals surface area contributed by atoms with Crippen LogP contribution in [0.15, 0.2) is 12.4 Å². The van der Waals surface area contributed by atoms with E-state index in [1.807, 2.05) is 6.92 Å². The molecule has 1 saturated heterocycles. The highest BCUT2D eigenvalue weighted by atomic mass is 19.4. The summed E-state index contributed by atoms with van der Waals surface area (Å²) in [5.41, 5.74) is -1.50. The molecule has 0 aliphatic carbocycles. The van der Waals surface area contributed by atoms with Crippen LogP contribution in [0.3, 0.4) is 0 Å². The van der Waals surface area contributed by atoms with Crippen LogP contribution in [0.2, 0.25) is 0 Å². The van der Waals surface area contributed by atoms with Gasteiger partial charge in [0, 0.05) is 57.7 Å². The van der Waals surface area contributed by atoms with Crippen molar-refractivity contribution in [1.82, 2.24) is 25.2 Å². The van der Waals surface area contributed by atoms with Crippen LogP contribution < -0.4 is 10.2 Å². The second-order valence-corrected chi connectivity index (χ2v) is 8.94. The zero-order valence-electron chi connectivity index (χ0n) is 20.2. The molecule has 1 aromatic heterocycles. The van der Waals surface area contributed by atoms with Gasteiger partial charge in [0.15, 0.2) is 0 Å². The molecule has 1 atom stereocenters. The van der Waals surface area contributed by atoms with E-state index in [0.29, 0.717) is 39.3 Å². The fraction of sp³-hybridized carbons (Fsp3) is 0.714. The summed E-state index contributed by atoms with van der Waals surface area (Å²) in [5, 5.41) is 4.32. The largest absolute Gasteiger partial charge is 0.444 e. The van der Waals surface area contributed by atoms with Crippen molar-refractivity contribution < 1.29 is 32.3 Å². The standard InChI is InChI=1S/C21H33F3N6O4/c1-6-30(13-15(2)27-19(32)34-20(3,4)5)33-14-17(31)28-7-9-29(10-8-28)18-25-11-16(12-26-18)21(22,23)24/h11-12,15H,6-10,13-14H2,1-5H3,(H,27,32)/t15-/m0/s1. The number of nitrogens with one attached hydrogen (secondary N) is 1. The molecule has 1 aliphatic rings. The number of anilines is 1. The van der Waals surface area contributed by atoms with E-state index in [1.54, 1.807) is 42.6 Å². The highest BCUT2D eigenvalue weighted by Gasteiger charge is 2.32. The summed E-state index contributed by atoms with van der Waals surface area (Å²) >= 11 is 0. The monoisotopic (exact) mass is 490 g/mol. The van der Waals surface area contributed by atoms with E-state index < -0.39 is 23.4 Å². The molecule has 1 fully saturated rings. The second-order valence-electron chi connectivity index (χ2n) is 8.94. The van der Waals surface area contributed by atoms with Crippen LogP contribution in [0.5, 0.6) is 0 Å². The Hall–Kier alpha value is -2.67. The minimum Gasteiger partial charge on any atom is -0.444 e. The average molecular weight is 491 g/mol. The van der Waals surface area contributed by atoms with E-state index in [9.17, 15) is 22.8 Å². The zero-order valence-corrected chi connectivity index (χ0v) is 20.2. The summed E-state index contributed by atoms with van der Waals surface area (Å²) in [7, 11) is 0. The quantitative estimate of drug-likeness (QED) is 0.555. The van der Waals surface area contributed by atoms with Crippen molar-refractivity contribution >= 4 is 17.9 Å². The van der Waals surface area contributed by atoms with Crippen LogP contribution in [0, 0.1) is 0 Å². The van der Waals surface area contributed by atoms with Crippen LogP contribution in [-0.4, -0.2) is 89.4 Å². The summed E-state index contributed by atoms with van der Waals surface area (Å²) in [5.74, 6) is -0.0147. The Balaban J connectivity index is 1.76. The summed E-state index contributed by atoms with van der Waals surface area (Å²) in [6.45, 7) is 11.2. The first-order valence-electron chi connectivity index (χ1n) is 11.1. The van der Waals surface area contributed by atoms with Crippen LogP contribution in [0.25, 0.3) is 0 Å². The highest BCUT2D eigenvalue weighted by Crippen LogP contribution is 2.28. The van der Waals surface area contributed by atoms with E-state index in [1.165, 1.54) is 0 Å². The SMILES string of the molecule is CCN(C[C@H](C)NC(=O)OC(C)(C)C)OCC(=O)N1CCN(c2ncc(C(F)(F)F)cn2)CC1. The zero-order chi connectivity index (χ0) is 25.5. The van der Waals surface area contributed by atoms with Gasteiger partial charge < -0.3 is 19.9 Å². The number of rotatable bonds is 8. The van der Waals surface area contributed by atoms with E-state index in [0.717, 1.165) is 12.4 Å². The van der Waals surface area contributed by atoms with Gasteiger partial charge in [-0.2, -0.15) is 18.2 Å². The van der Waals surface area contributed by atoms with Crippen molar-refractivity contribution in [3.63, 3.8) is 0 Å². The number of aromatic nitrogens is 2. The van der Waals surface area contributed by atoms with Crippen molar-refractivity contribution in [1.29, 1.82) is 0 Å². The number of carbonyl (C=O) groups excluding carboxylic acids is 2. The molecule has 0 saturated carbocycles. The fourth-order valence-corrected chi connectivity index (χ4v) is 3.16. The number of alkyl carbamates (subject to hydrolysis) is 1. The number of carbonyl (C=O) groups is 2. The van der Waals surface area contributed by atoms with Gasteiger partial charge in [-0.1, -0.05) is 6.92 Å². The molecule has 192 valence electrons. The Morgan fingerprint density at radius 3 is 2.24 bits per heavy atom. The maximum atomic E-state index is 12.7. The molecular weight excluding hydrogens is 457 g/mol. The minimum atomic E-state index is -4.49. The molecule has 0 radical (unpaired) electrons. The molecule has 2 heterocycles. The van der Waals surface area contributed by atoms with Crippen molar-refractivity contribution in [3.8, 4) is 0 Å². The molecule has 0 aromatic carbocycles. The maximum Gasteiger partial charge on any atom is 0.419 e. The third-order valence-corrected chi connectivity index (χ3v) is 4.84. The van der Waals surface area contributed by atoms with E-state index in [4.69, 9.17) is 9.57 Å². The molecule has 1 N–H and O–H groups in total. The van der Waals surface area contributed by atoms with Crippen molar-refractivity contribution in [2.24, 2.45) is 0 Å². The highest BCUT2D eigenvalue weighted by molar-refractivity contribution is 5.77. The van der Waals surface area contributed by atoms with Gasteiger partial charge in [0.05, 0.1) is 5.56 Å². The molecule has 1 aliphatic heterocycles. The Morgan fingerprint density at radius 1 is 1.15 bits per heavy atom. The third-order valence-electron chi connectivity index (χ3n) is 4.84. The normalized spacial score (nSPS) is 15.9. The van der Waals surface area contributed by atoms with Gasteiger partial charge in [-0.25, -0.2) is 14.8 Å². The average Bonchev–Trinajstić information content (AvgIpc) is 2.74. The first-order valence-corrected chi connectivity index (χ1v) is 11.1. The number of hydrogen-bond acceptors (Lipinski definition) is 8. The summed E-state index contributed by atoms with van der Waals surface area (Å²) in [4.78, 5) is 41.0. The molecular formula is C21H33F3N6O4. The number of likely N-dealkylation sites (N-methyl/N-ethyl adjacent to an activating group) is 1. The number of hydroxylamine groups is 2. The molecule has 2 rings (SSSR count). The lowest BCUT2D eigenvalue weighted by molar-refractivity contribution is -0.177. The van der Waals surface area contributed by atoms with Gasteiger partial charge in [-0.3, -0.25) is 9.63 Å². The van der Waals surface area contributed by atoms with Crippen molar-refractivity contribution in [2.75, 3.05) is 50.8 Å². The molecule has 0 unspecified atom stereocenters. The fourth-order valence-electron chi connectivity index (χ4n) is 3.16. The van der Waals surface area contributed by atoms with Crippen LogP contribution in [0.1, 0.15) is 40.2 Å². The number of nitrogens with zero attached hydrogens (tertiary/aromatic N) is 5. The minimum absolute atomic E-state index is 0.163. The Bertz CT molecular complexity index is 808. The number of hydrogen-bond donors (Lipinski definition) is 1. The van der Waals surface area contributed by atoms with E-state index in [-0.39, 0.29) is 24.5 Å². The predicted molar refractivity (Wildman–Crippen MR) is 118 cm³/mol. The van der Waals surface area contributed by atoms with Gasteiger partial charge in [0.25, 0.3) is 5.91 Å². The van der Waals surface area contributed by atoms with Crippen LogP contribution in [-0.2, 0) is 20.5 Å². The smallest absolute Gasteiger partial charge is 0.419 e. The van der Waals surface area contributed by atoms with Gasteiger partial charge in [0.1, 0.15) is 12.2 Å². The molecule has 1 aromatic rings. The van der Waals surface area contributed by atoms with Crippen molar-refractivity contribution in [2.45, 2.75) is 52.4 Å². The third kappa shape index (κ3) is 8.93. The first-order chi connectivity index (χ1) is 15.8. The van der Waals surface area contributed by atoms with Gasteiger partial charge in [-0.15, -0.1) is 0 Å². The number of piperazine rings is 1. The number of halogens is 3. The molecule has 0 bridgehead atoms. The van der Waals surface area contributed by atoms with Crippen molar-refractivity contribution in [3.05, 3.63) is 18.0 Å². The first kappa shape index (κ1) is 27.6. The summed E-state index contributed by atoms with van der Waals surface area (Å²) in [6, 6.07) is -0.266. The lowest BCUT2D eigenvalue weighted by Gasteiger charge is -2.35. The molecule has 10 nitrogen and oxygen atoms in total. The van der Waals surface area contributed by atoms with Gasteiger partial charge >= 0.3 is 12.3 Å². The van der Waals surface area contributed by atoms with Gasteiger partial charge in [0.2, 0.25) is 5.95 Å². The molecule has 2 amide bonds. The van der Waals surface area contributed by atoms with E-state index in [2.05, 4.69) is 15.3 Å². The molecule has 13 heteroatoms. The number of alkyl halides is 3. The summed E-state index contributed by atoms with van der Waals surface area (Å²) < 4.78 is 43.2. The number of amides is 2. The topological polar surface area (TPSA) is 100 Å². The lowest BCUT2D eigenvalue weighted by Crippen LogP contribution is -2.51. The van der Waals surface area contributed by atoms with Crippen LogP contribution in [0.4, 0.5) is 23.9 Å². The Kier molecular flexibility index (Phi) is 9.45. The Morgan fingerprint density at radius 2 is 1.74 bits per heavy atom. The maximum absolute atomic E-state index is 12.7. The van der Waals surface area contributed by atoms with E-state index >= 15 is 0 Å². The predicted octanol–water partition coefficient (Wildman–Crippen LogP) is 2.31. The second kappa shape index (κ2) is 11.6. The lowest BCUT2D eigenvalue weighted by atomic mass is 10.2. The molecule has 0 spiro atoms. The van der Waals surface area contributed by atoms with Crippen LogP contribution >= 0.6 is 0 Å². The molecule has 34 heavy (non-hydrogen) atoms. The van der Waals surface area contributed by atoms with Gasteiger partial charge in [-0.05, 0) is 27.7 Å². The number of ether oxygens (including phenoxy) is 1. The summed E-state index contributed by atoms with van der Waals surface area (Å²) in [6.07, 6.45) is -3.50.